The summed E-state index contributed by atoms with van der Waals surface area (Å²) >= 11 is 0. The summed E-state index contributed by atoms with van der Waals surface area (Å²) in [6.07, 6.45) is 0.613. The van der Waals surface area contributed by atoms with Crippen LogP contribution >= 0.6 is 0 Å². The summed E-state index contributed by atoms with van der Waals surface area (Å²) in [5.74, 6) is 1.42. The minimum Gasteiger partial charge on any atom is -0.497 e. The van der Waals surface area contributed by atoms with Gasteiger partial charge in [0.25, 0.3) is 5.56 Å². The number of ether oxygens (including phenoxy) is 4. The van der Waals surface area contributed by atoms with Crippen LogP contribution in [0.1, 0.15) is 48.2 Å². The van der Waals surface area contributed by atoms with E-state index in [1.165, 1.54) is 10.8 Å². The Morgan fingerprint density at radius 3 is 2.02 bits per heavy atom. The summed E-state index contributed by atoms with van der Waals surface area (Å²) in [6, 6.07) is 25.2. The molecule has 0 aliphatic carbocycles. The molecule has 1 aromatic heterocycles. The number of aliphatic hydroxyl groups excluding tert-OH is 1. The minimum atomic E-state index is -1.08. The standard InChI is InChI=1S/C33H36N2O7/c1-4-8-22-20-35(32(38)34-31(22)37)30-19-28(36)29(42-30)21-41-33(23-9-6-5-7-10-23,24-11-15-26(39-2)16-12-24)25-13-17-27(40-3)18-14-25/h5-7,9-18,20,28-30,36H,4,8,19,21H2,1-3H3,(H,34,37,38)/t28?,29-,30-/m0/s1. The van der Waals surface area contributed by atoms with Gasteiger partial charge in [-0.25, -0.2) is 4.79 Å². The molecule has 0 spiro atoms. The van der Waals surface area contributed by atoms with Crippen molar-refractivity contribution in [2.75, 3.05) is 20.8 Å². The molecular formula is C33H36N2O7. The fraction of sp³-hybridized carbons (Fsp3) is 0.333. The summed E-state index contributed by atoms with van der Waals surface area (Å²) in [5, 5.41) is 11.1. The zero-order valence-electron chi connectivity index (χ0n) is 24.0. The number of methoxy groups -OCH3 is 2. The third kappa shape index (κ3) is 5.76. The number of nitrogens with one attached hydrogen (secondary N) is 1. The van der Waals surface area contributed by atoms with Gasteiger partial charge in [0.2, 0.25) is 0 Å². The molecule has 0 amide bonds. The van der Waals surface area contributed by atoms with Crippen LogP contribution in [0.25, 0.3) is 0 Å². The Kier molecular flexibility index (Phi) is 8.91. The van der Waals surface area contributed by atoms with Gasteiger partial charge < -0.3 is 24.1 Å². The average Bonchev–Trinajstić information content (AvgIpc) is 3.39. The van der Waals surface area contributed by atoms with Gasteiger partial charge in [-0.1, -0.05) is 67.9 Å². The molecule has 220 valence electrons. The van der Waals surface area contributed by atoms with Crippen LogP contribution in [-0.4, -0.2) is 47.7 Å². The molecule has 3 aromatic carbocycles. The third-order valence-electron chi connectivity index (χ3n) is 7.71. The zero-order chi connectivity index (χ0) is 29.7. The largest absolute Gasteiger partial charge is 0.497 e. The van der Waals surface area contributed by atoms with E-state index >= 15 is 0 Å². The van der Waals surface area contributed by atoms with Gasteiger partial charge in [-0.2, -0.15) is 0 Å². The van der Waals surface area contributed by atoms with Crippen molar-refractivity contribution in [2.24, 2.45) is 0 Å². The number of H-pyrrole nitrogens is 1. The second kappa shape index (κ2) is 12.8. The van der Waals surface area contributed by atoms with Crippen LogP contribution in [0, 0.1) is 0 Å². The number of aliphatic hydroxyl groups is 1. The van der Waals surface area contributed by atoms with Crippen LogP contribution in [0.5, 0.6) is 11.5 Å². The Balaban J connectivity index is 1.52. The fourth-order valence-corrected chi connectivity index (χ4v) is 5.51. The molecule has 1 saturated heterocycles. The number of rotatable bonds is 11. The van der Waals surface area contributed by atoms with E-state index < -0.39 is 35.3 Å². The first kappa shape index (κ1) is 29.3. The summed E-state index contributed by atoms with van der Waals surface area (Å²) in [7, 11) is 3.24. The van der Waals surface area contributed by atoms with Gasteiger partial charge in [0.1, 0.15) is 29.4 Å². The second-order valence-electron chi connectivity index (χ2n) is 10.3. The molecule has 9 heteroatoms. The van der Waals surface area contributed by atoms with Gasteiger partial charge in [-0.15, -0.1) is 0 Å². The fourth-order valence-electron chi connectivity index (χ4n) is 5.51. The highest BCUT2D eigenvalue weighted by Crippen LogP contribution is 2.42. The van der Waals surface area contributed by atoms with Gasteiger partial charge in [0.05, 0.1) is 26.9 Å². The molecule has 3 atom stereocenters. The van der Waals surface area contributed by atoms with Crippen LogP contribution in [0.15, 0.2) is 94.6 Å². The first-order valence-electron chi connectivity index (χ1n) is 14.1. The highest BCUT2D eigenvalue weighted by atomic mass is 16.6. The van der Waals surface area contributed by atoms with Crippen LogP contribution in [0.3, 0.4) is 0 Å². The SMILES string of the molecule is CCCc1cn([C@@H]2CC(O)[C@H](COC(c3ccccc3)(c3ccc(OC)cc3)c3ccc(OC)cc3)O2)c(=O)[nH]c1=O. The van der Waals surface area contributed by atoms with Crippen molar-refractivity contribution in [3.63, 3.8) is 0 Å². The highest BCUT2D eigenvalue weighted by molar-refractivity contribution is 5.49. The molecule has 1 fully saturated rings. The average molecular weight is 573 g/mol. The van der Waals surface area contributed by atoms with Crippen LogP contribution in [0.4, 0.5) is 0 Å². The quantitative estimate of drug-likeness (QED) is 0.260. The van der Waals surface area contributed by atoms with Gasteiger partial charge in [-0.3, -0.25) is 14.3 Å². The number of aromatic amines is 1. The van der Waals surface area contributed by atoms with E-state index in [1.54, 1.807) is 14.2 Å². The number of benzene rings is 3. The Morgan fingerprint density at radius 1 is 0.905 bits per heavy atom. The Hall–Kier alpha value is -4.18. The Bertz CT molecular complexity index is 1530. The minimum absolute atomic E-state index is 0.0184. The maximum absolute atomic E-state index is 12.7. The monoisotopic (exact) mass is 572 g/mol. The predicted octanol–water partition coefficient (Wildman–Crippen LogP) is 4.16. The first-order chi connectivity index (χ1) is 20.4. The molecule has 1 aliphatic rings. The molecule has 0 bridgehead atoms. The van der Waals surface area contributed by atoms with E-state index in [9.17, 15) is 14.7 Å². The first-order valence-corrected chi connectivity index (χ1v) is 14.1. The summed E-state index contributed by atoms with van der Waals surface area (Å²) < 4.78 is 25.3. The number of nitrogens with zero attached hydrogens (tertiary/aromatic N) is 1. The van der Waals surface area contributed by atoms with Crippen molar-refractivity contribution in [3.8, 4) is 11.5 Å². The molecule has 1 unspecified atom stereocenters. The number of aromatic nitrogens is 2. The maximum atomic E-state index is 12.7. The second-order valence-corrected chi connectivity index (χ2v) is 10.3. The third-order valence-corrected chi connectivity index (χ3v) is 7.71. The molecule has 1 aliphatic heterocycles. The van der Waals surface area contributed by atoms with Gasteiger partial charge in [0, 0.05) is 18.2 Å². The lowest BCUT2D eigenvalue weighted by Gasteiger charge is -2.37. The topological polar surface area (TPSA) is 112 Å². The molecule has 0 saturated carbocycles. The summed E-state index contributed by atoms with van der Waals surface area (Å²) in [6.45, 7) is 1.98. The van der Waals surface area contributed by atoms with Crippen LogP contribution < -0.4 is 20.7 Å². The van der Waals surface area contributed by atoms with Crippen molar-refractivity contribution >= 4 is 0 Å². The van der Waals surface area contributed by atoms with Crippen molar-refractivity contribution < 1.29 is 24.1 Å². The smallest absolute Gasteiger partial charge is 0.330 e. The predicted molar refractivity (Wildman–Crippen MR) is 158 cm³/mol. The van der Waals surface area contributed by atoms with E-state index in [2.05, 4.69) is 4.98 Å². The van der Waals surface area contributed by atoms with Crippen LogP contribution in [0.2, 0.25) is 0 Å². The normalized spacial score (nSPS) is 18.6. The summed E-state index contributed by atoms with van der Waals surface area (Å²) in [5.41, 5.74) is 1.03. The lowest BCUT2D eigenvalue weighted by atomic mass is 9.80. The Morgan fingerprint density at radius 2 is 1.48 bits per heavy atom. The van der Waals surface area contributed by atoms with Gasteiger partial charge in [-0.05, 0) is 47.4 Å². The van der Waals surface area contributed by atoms with E-state index in [1.807, 2.05) is 85.8 Å². The molecule has 0 radical (unpaired) electrons. The molecule has 42 heavy (non-hydrogen) atoms. The van der Waals surface area contributed by atoms with E-state index in [0.29, 0.717) is 23.5 Å². The van der Waals surface area contributed by atoms with E-state index in [-0.39, 0.29) is 13.0 Å². The molecular weight excluding hydrogens is 536 g/mol. The number of hydrogen-bond acceptors (Lipinski definition) is 7. The number of aryl methyl sites for hydroxylation is 1. The molecule has 2 N–H and O–H groups in total. The lowest BCUT2D eigenvalue weighted by Crippen LogP contribution is -2.38. The van der Waals surface area contributed by atoms with Crippen molar-refractivity contribution in [3.05, 3.63) is 128 Å². The molecule has 4 aromatic rings. The molecule has 9 nitrogen and oxygen atoms in total. The zero-order valence-corrected chi connectivity index (χ0v) is 24.0. The van der Waals surface area contributed by atoms with E-state index in [0.717, 1.165) is 23.1 Å². The van der Waals surface area contributed by atoms with E-state index in [4.69, 9.17) is 18.9 Å². The maximum Gasteiger partial charge on any atom is 0.330 e. The Labute approximate surface area is 244 Å². The summed E-state index contributed by atoms with van der Waals surface area (Å²) in [4.78, 5) is 27.3. The van der Waals surface area contributed by atoms with Gasteiger partial charge >= 0.3 is 5.69 Å². The molecule has 5 rings (SSSR count). The van der Waals surface area contributed by atoms with Crippen molar-refractivity contribution in [1.82, 2.24) is 9.55 Å². The van der Waals surface area contributed by atoms with Crippen LogP contribution in [-0.2, 0) is 21.5 Å². The lowest BCUT2D eigenvalue weighted by molar-refractivity contribution is -0.0944. The van der Waals surface area contributed by atoms with Crippen molar-refractivity contribution in [2.45, 2.75) is 50.2 Å². The molecule has 2 heterocycles. The van der Waals surface area contributed by atoms with Crippen molar-refractivity contribution in [1.29, 1.82) is 0 Å². The van der Waals surface area contributed by atoms with Gasteiger partial charge in [0.15, 0.2) is 0 Å². The highest BCUT2D eigenvalue weighted by Gasteiger charge is 2.42. The number of hydrogen-bond donors (Lipinski definition) is 2.